The molecule has 0 aromatic heterocycles. The van der Waals surface area contributed by atoms with Gasteiger partial charge in [-0.1, -0.05) is 19.1 Å². The molecule has 0 aliphatic heterocycles. The Labute approximate surface area is 117 Å². The highest BCUT2D eigenvalue weighted by atomic mass is 19.1. The van der Waals surface area contributed by atoms with Gasteiger partial charge in [-0.25, -0.2) is 4.39 Å². The molecule has 0 heterocycles. The molecule has 0 saturated carbocycles. The molecule has 1 rings (SSSR count). The maximum Gasteiger partial charge on any atom is 0.308 e. The summed E-state index contributed by atoms with van der Waals surface area (Å²) in [6.45, 7) is 3.33. The summed E-state index contributed by atoms with van der Waals surface area (Å²) in [5, 5.41) is 8.82. The molecular weight excluding hydrogens is 261 g/mol. The third-order valence-electron chi connectivity index (χ3n) is 2.91. The van der Waals surface area contributed by atoms with Crippen LogP contribution in [-0.2, 0) is 9.59 Å². The highest BCUT2D eigenvalue weighted by molar-refractivity contribution is 5.97. The monoisotopic (exact) mass is 279 g/mol. The molecule has 0 aliphatic carbocycles. The lowest BCUT2D eigenvalue weighted by Gasteiger charge is -2.19. The van der Waals surface area contributed by atoms with Gasteiger partial charge in [-0.15, -0.1) is 0 Å². The van der Waals surface area contributed by atoms with Gasteiger partial charge < -0.3 is 10.0 Å². The zero-order chi connectivity index (χ0) is 15.3. The predicted molar refractivity (Wildman–Crippen MR) is 74.5 cm³/mol. The molecule has 5 heteroatoms. The lowest BCUT2D eigenvalue weighted by Crippen LogP contribution is -2.34. The molecule has 0 spiro atoms. The van der Waals surface area contributed by atoms with E-state index in [0.717, 1.165) is 5.56 Å². The van der Waals surface area contributed by atoms with Crippen molar-refractivity contribution in [2.45, 2.75) is 13.8 Å². The Balaban J connectivity index is 2.75. The molecule has 20 heavy (non-hydrogen) atoms. The Morgan fingerprint density at radius 3 is 2.40 bits per heavy atom. The van der Waals surface area contributed by atoms with Crippen molar-refractivity contribution in [3.8, 4) is 0 Å². The second-order valence-corrected chi connectivity index (χ2v) is 4.80. The average molecular weight is 279 g/mol. The van der Waals surface area contributed by atoms with E-state index in [1.54, 1.807) is 39.1 Å². The molecule has 1 unspecified atom stereocenters. The van der Waals surface area contributed by atoms with Crippen LogP contribution in [0.3, 0.4) is 0 Å². The zero-order valence-corrected chi connectivity index (χ0v) is 11.8. The van der Waals surface area contributed by atoms with Crippen LogP contribution in [-0.4, -0.2) is 35.5 Å². The molecule has 1 amide bonds. The SMILES string of the molecule is CC(=Cc1ccc(F)cc1)C(=O)N(C)CC(C)C(=O)O. The van der Waals surface area contributed by atoms with Gasteiger partial charge in [0.25, 0.3) is 0 Å². The van der Waals surface area contributed by atoms with Gasteiger partial charge >= 0.3 is 5.97 Å². The van der Waals surface area contributed by atoms with Crippen LogP contribution < -0.4 is 0 Å². The van der Waals surface area contributed by atoms with Crippen LogP contribution in [0.4, 0.5) is 4.39 Å². The van der Waals surface area contributed by atoms with E-state index in [2.05, 4.69) is 0 Å². The maximum atomic E-state index is 12.8. The lowest BCUT2D eigenvalue weighted by molar-refractivity contribution is -0.142. The van der Waals surface area contributed by atoms with E-state index in [0.29, 0.717) is 5.57 Å². The van der Waals surface area contributed by atoms with Gasteiger partial charge in [-0.2, -0.15) is 0 Å². The standard InChI is InChI=1S/C15H18FNO3/c1-10(8-12-4-6-13(16)7-5-12)14(18)17(3)9-11(2)15(19)20/h4-8,11H,9H2,1-3H3,(H,19,20). The summed E-state index contributed by atoms with van der Waals surface area (Å²) < 4.78 is 12.8. The molecule has 0 bridgehead atoms. The quantitative estimate of drug-likeness (QED) is 0.842. The van der Waals surface area contributed by atoms with Crippen molar-refractivity contribution in [3.05, 3.63) is 41.2 Å². The average Bonchev–Trinajstić information content (AvgIpc) is 2.40. The first kappa shape index (κ1) is 15.9. The van der Waals surface area contributed by atoms with E-state index >= 15 is 0 Å². The van der Waals surface area contributed by atoms with E-state index in [1.807, 2.05) is 0 Å². The molecule has 1 N–H and O–H groups in total. The number of nitrogens with zero attached hydrogens (tertiary/aromatic N) is 1. The number of rotatable bonds is 5. The van der Waals surface area contributed by atoms with Crippen LogP contribution in [0.2, 0.25) is 0 Å². The third kappa shape index (κ3) is 4.50. The highest BCUT2D eigenvalue weighted by Crippen LogP contribution is 2.11. The predicted octanol–water partition coefficient (Wildman–Crippen LogP) is 2.41. The summed E-state index contributed by atoms with van der Waals surface area (Å²) in [5.74, 6) is -2.15. The number of hydrogen-bond donors (Lipinski definition) is 1. The number of halogens is 1. The number of benzene rings is 1. The van der Waals surface area contributed by atoms with Crippen LogP contribution in [0.5, 0.6) is 0 Å². The number of likely N-dealkylation sites (N-methyl/N-ethyl adjacent to an activating group) is 1. The number of carboxylic acid groups (broad SMARTS) is 1. The molecule has 1 atom stereocenters. The minimum Gasteiger partial charge on any atom is -0.481 e. The van der Waals surface area contributed by atoms with Crippen molar-refractivity contribution in [1.29, 1.82) is 0 Å². The fraction of sp³-hybridized carbons (Fsp3) is 0.333. The minimum atomic E-state index is -0.940. The van der Waals surface area contributed by atoms with Crippen molar-refractivity contribution >= 4 is 18.0 Å². The number of aliphatic carboxylic acids is 1. The highest BCUT2D eigenvalue weighted by Gasteiger charge is 2.18. The Morgan fingerprint density at radius 1 is 1.35 bits per heavy atom. The number of carbonyl (C=O) groups is 2. The molecule has 108 valence electrons. The second kappa shape index (κ2) is 6.84. The molecule has 0 fully saturated rings. The number of hydrogen-bond acceptors (Lipinski definition) is 2. The van der Waals surface area contributed by atoms with E-state index < -0.39 is 11.9 Å². The second-order valence-electron chi connectivity index (χ2n) is 4.80. The third-order valence-corrected chi connectivity index (χ3v) is 2.91. The van der Waals surface area contributed by atoms with Gasteiger partial charge in [0.05, 0.1) is 5.92 Å². The normalized spacial score (nSPS) is 12.9. The Hall–Kier alpha value is -2.17. The summed E-state index contributed by atoms with van der Waals surface area (Å²) in [7, 11) is 1.56. The van der Waals surface area contributed by atoms with E-state index in [4.69, 9.17) is 5.11 Å². The van der Waals surface area contributed by atoms with E-state index in [1.165, 1.54) is 17.0 Å². The molecule has 4 nitrogen and oxygen atoms in total. The van der Waals surface area contributed by atoms with Crippen molar-refractivity contribution in [3.63, 3.8) is 0 Å². The molecule has 1 aromatic rings. The smallest absolute Gasteiger partial charge is 0.308 e. The van der Waals surface area contributed by atoms with Crippen molar-refractivity contribution < 1.29 is 19.1 Å². The first-order chi connectivity index (χ1) is 9.31. The van der Waals surface area contributed by atoms with Crippen LogP contribution in [0, 0.1) is 11.7 Å². The largest absolute Gasteiger partial charge is 0.481 e. The van der Waals surface area contributed by atoms with E-state index in [9.17, 15) is 14.0 Å². The first-order valence-corrected chi connectivity index (χ1v) is 6.23. The number of amides is 1. The van der Waals surface area contributed by atoms with E-state index in [-0.39, 0.29) is 18.3 Å². The van der Waals surface area contributed by atoms with Gasteiger partial charge in [0, 0.05) is 19.2 Å². The fourth-order valence-electron chi connectivity index (χ4n) is 1.74. The van der Waals surface area contributed by atoms with Gasteiger partial charge in [-0.3, -0.25) is 9.59 Å². The topological polar surface area (TPSA) is 57.6 Å². The first-order valence-electron chi connectivity index (χ1n) is 6.23. The number of carbonyl (C=O) groups excluding carboxylic acids is 1. The molecule has 0 aliphatic rings. The Kier molecular flexibility index (Phi) is 5.43. The van der Waals surface area contributed by atoms with Gasteiger partial charge in [0.1, 0.15) is 5.82 Å². The van der Waals surface area contributed by atoms with Crippen LogP contribution in [0.25, 0.3) is 6.08 Å². The minimum absolute atomic E-state index is 0.142. The zero-order valence-electron chi connectivity index (χ0n) is 11.8. The molecular formula is C15H18FNO3. The van der Waals surface area contributed by atoms with Crippen molar-refractivity contribution in [2.75, 3.05) is 13.6 Å². The fourth-order valence-corrected chi connectivity index (χ4v) is 1.74. The van der Waals surface area contributed by atoms with Crippen molar-refractivity contribution in [1.82, 2.24) is 4.90 Å². The summed E-state index contributed by atoms with van der Waals surface area (Å²) >= 11 is 0. The maximum absolute atomic E-state index is 12.8. The molecule has 0 radical (unpaired) electrons. The number of carboxylic acids is 1. The molecule has 1 aromatic carbocycles. The van der Waals surface area contributed by atoms with Gasteiger partial charge in [0.2, 0.25) is 5.91 Å². The Bertz CT molecular complexity index is 522. The van der Waals surface area contributed by atoms with Gasteiger partial charge in [0.15, 0.2) is 0 Å². The van der Waals surface area contributed by atoms with Crippen LogP contribution >= 0.6 is 0 Å². The molecule has 0 saturated heterocycles. The van der Waals surface area contributed by atoms with Crippen molar-refractivity contribution in [2.24, 2.45) is 5.92 Å². The van der Waals surface area contributed by atoms with Gasteiger partial charge in [-0.05, 0) is 30.7 Å². The lowest BCUT2D eigenvalue weighted by atomic mass is 10.1. The summed E-state index contributed by atoms with van der Waals surface area (Å²) in [4.78, 5) is 24.2. The van der Waals surface area contributed by atoms with Crippen LogP contribution in [0.15, 0.2) is 29.8 Å². The summed E-state index contributed by atoms with van der Waals surface area (Å²) in [6.07, 6.45) is 1.64. The summed E-state index contributed by atoms with van der Waals surface area (Å²) in [6, 6.07) is 5.79. The Morgan fingerprint density at radius 2 is 1.90 bits per heavy atom. The van der Waals surface area contributed by atoms with Crippen LogP contribution in [0.1, 0.15) is 19.4 Å². The summed E-state index contributed by atoms with van der Waals surface area (Å²) in [5.41, 5.74) is 1.19.